The molecule has 1 N–H and O–H groups in total. The zero-order valence-electron chi connectivity index (χ0n) is 7.30. The molecule has 0 radical (unpaired) electrons. The van der Waals surface area contributed by atoms with Gasteiger partial charge in [0, 0.05) is 6.54 Å². The molecule has 0 unspecified atom stereocenters. The summed E-state index contributed by atoms with van der Waals surface area (Å²) < 4.78 is 0. The SMILES string of the molecule is Cc1ccc2c(c1)C=CNCC2. The minimum atomic E-state index is 1.05. The summed E-state index contributed by atoms with van der Waals surface area (Å²) in [6.07, 6.45) is 5.31. The molecule has 0 aliphatic carbocycles. The molecule has 0 fully saturated rings. The van der Waals surface area contributed by atoms with Crippen LogP contribution in [0.25, 0.3) is 6.08 Å². The van der Waals surface area contributed by atoms with E-state index in [0.29, 0.717) is 0 Å². The van der Waals surface area contributed by atoms with E-state index in [9.17, 15) is 0 Å². The number of nitrogens with one attached hydrogen (secondary N) is 1. The molecular weight excluding hydrogens is 146 g/mol. The van der Waals surface area contributed by atoms with Crippen LogP contribution in [-0.2, 0) is 6.42 Å². The summed E-state index contributed by atoms with van der Waals surface area (Å²) in [4.78, 5) is 0. The quantitative estimate of drug-likeness (QED) is 0.611. The van der Waals surface area contributed by atoms with Gasteiger partial charge in [0.15, 0.2) is 0 Å². The summed E-state index contributed by atoms with van der Waals surface area (Å²) in [5, 5.41) is 3.23. The van der Waals surface area contributed by atoms with E-state index in [4.69, 9.17) is 0 Å². The van der Waals surface area contributed by atoms with Gasteiger partial charge in [-0.3, -0.25) is 0 Å². The van der Waals surface area contributed by atoms with Crippen LogP contribution < -0.4 is 5.32 Å². The van der Waals surface area contributed by atoms with Crippen LogP contribution in [0.5, 0.6) is 0 Å². The molecule has 12 heavy (non-hydrogen) atoms. The Labute approximate surface area is 73.1 Å². The Morgan fingerprint density at radius 1 is 1.33 bits per heavy atom. The van der Waals surface area contributed by atoms with Gasteiger partial charge in [0.2, 0.25) is 0 Å². The van der Waals surface area contributed by atoms with Crippen LogP contribution in [0.15, 0.2) is 24.4 Å². The molecule has 0 amide bonds. The van der Waals surface area contributed by atoms with Gasteiger partial charge in [-0.15, -0.1) is 0 Å². The van der Waals surface area contributed by atoms with Crippen LogP contribution in [0, 0.1) is 6.92 Å². The molecule has 1 nitrogen and oxygen atoms in total. The maximum atomic E-state index is 3.23. The van der Waals surface area contributed by atoms with Crippen molar-refractivity contribution in [2.45, 2.75) is 13.3 Å². The van der Waals surface area contributed by atoms with E-state index in [-0.39, 0.29) is 0 Å². The van der Waals surface area contributed by atoms with Crippen LogP contribution in [-0.4, -0.2) is 6.54 Å². The highest BCUT2D eigenvalue weighted by Gasteiger charge is 2.01. The van der Waals surface area contributed by atoms with Crippen LogP contribution in [0.3, 0.4) is 0 Å². The number of hydrogen-bond donors (Lipinski definition) is 1. The lowest BCUT2D eigenvalue weighted by Gasteiger charge is -2.03. The van der Waals surface area contributed by atoms with E-state index >= 15 is 0 Å². The molecule has 0 spiro atoms. The third-order valence-electron chi connectivity index (χ3n) is 2.22. The Balaban J connectivity index is 2.47. The Morgan fingerprint density at radius 2 is 2.25 bits per heavy atom. The summed E-state index contributed by atoms with van der Waals surface area (Å²) in [6, 6.07) is 6.64. The van der Waals surface area contributed by atoms with Crippen molar-refractivity contribution in [2.75, 3.05) is 6.54 Å². The molecule has 1 heteroatoms. The number of fused-ring (bicyclic) bond motifs is 1. The zero-order chi connectivity index (χ0) is 8.39. The first-order valence-electron chi connectivity index (χ1n) is 4.36. The highest BCUT2D eigenvalue weighted by Crippen LogP contribution is 2.15. The maximum Gasteiger partial charge on any atom is 0.0182 e. The Hall–Kier alpha value is -1.24. The summed E-state index contributed by atoms with van der Waals surface area (Å²) in [6.45, 7) is 3.18. The fraction of sp³-hybridized carbons (Fsp3) is 0.273. The highest BCUT2D eigenvalue weighted by molar-refractivity contribution is 5.55. The molecule has 1 heterocycles. The minimum Gasteiger partial charge on any atom is -0.391 e. The zero-order valence-corrected chi connectivity index (χ0v) is 7.30. The lowest BCUT2D eigenvalue weighted by molar-refractivity contribution is 0.843. The highest BCUT2D eigenvalue weighted by atomic mass is 14.8. The molecule has 2 rings (SSSR count). The van der Waals surface area contributed by atoms with Gasteiger partial charge in [-0.1, -0.05) is 23.8 Å². The number of rotatable bonds is 0. The van der Waals surface area contributed by atoms with Crippen molar-refractivity contribution in [3.05, 3.63) is 41.1 Å². The van der Waals surface area contributed by atoms with Gasteiger partial charge in [-0.05, 0) is 36.7 Å². The van der Waals surface area contributed by atoms with Gasteiger partial charge in [0.05, 0.1) is 0 Å². The predicted molar refractivity (Wildman–Crippen MR) is 51.9 cm³/mol. The van der Waals surface area contributed by atoms with E-state index in [1.54, 1.807) is 0 Å². The van der Waals surface area contributed by atoms with E-state index in [0.717, 1.165) is 13.0 Å². The largest absolute Gasteiger partial charge is 0.391 e. The molecular formula is C11H13N. The first-order valence-corrected chi connectivity index (χ1v) is 4.36. The predicted octanol–water partition coefficient (Wildman–Crippen LogP) is 2.11. The molecule has 1 aliphatic rings. The van der Waals surface area contributed by atoms with Crippen LogP contribution in [0.1, 0.15) is 16.7 Å². The molecule has 0 aromatic heterocycles. The summed E-state index contributed by atoms with van der Waals surface area (Å²) in [7, 11) is 0. The third-order valence-corrected chi connectivity index (χ3v) is 2.22. The van der Waals surface area contributed by atoms with Crippen molar-refractivity contribution >= 4 is 6.08 Å². The normalized spacial score (nSPS) is 14.8. The molecule has 1 aromatic carbocycles. The van der Waals surface area contributed by atoms with Crippen molar-refractivity contribution in [1.82, 2.24) is 5.32 Å². The molecule has 62 valence electrons. The topological polar surface area (TPSA) is 12.0 Å². The Bertz CT molecular complexity index is 313. The van der Waals surface area contributed by atoms with Crippen molar-refractivity contribution in [1.29, 1.82) is 0 Å². The summed E-state index contributed by atoms with van der Waals surface area (Å²) >= 11 is 0. The lowest BCUT2D eigenvalue weighted by Crippen LogP contribution is -2.07. The van der Waals surface area contributed by atoms with Gasteiger partial charge in [0.25, 0.3) is 0 Å². The van der Waals surface area contributed by atoms with E-state index in [1.807, 2.05) is 6.20 Å². The summed E-state index contributed by atoms with van der Waals surface area (Å²) in [5.74, 6) is 0. The average molecular weight is 159 g/mol. The average Bonchev–Trinajstić information content (AvgIpc) is 2.28. The van der Waals surface area contributed by atoms with Gasteiger partial charge >= 0.3 is 0 Å². The van der Waals surface area contributed by atoms with Crippen molar-refractivity contribution in [3.8, 4) is 0 Å². The fourth-order valence-corrected chi connectivity index (χ4v) is 1.54. The first kappa shape index (κ1) is 7.41. The molecule has 0 bridgehead atoms. The van der Waals surface area contributed by atoms with E-state index < -0.39 is 0 Å². The van der Waals surface area contributed by atoms with Crippen LogP contribution in [0.2, 0.25) is 0 Å². The smallest absolute Gasteiger partial charge is 0.0182 e. The van der Waals surface area contributed by atoms with Gasteiger partial charge in [-0.25, -0.2) is 0 Å². The minimum absolute atomic E-state index is 1.05. The molecule has 0 saturated carbocycles. The monoisotopic (exact) mass is 159 g/mol. The fourth-order valence-electron chi connectivity index (χ4n) is 1.54. The lowest BCUT2D eigenvalue weighted by atomic mass is 10.0. The second-order valence-electron chi connectivity index (χ2n) is 3.24. The molecule has 0 atom stereocenters. The second-order valence-corrected chi connectivity index (χ2v) is 3.24. The van der Waals surface area contributed by atoms with E-state index in [1.165, 1.54) is 16.7 Å². The number of hydrogen-bond acceptors (Lipinski definition) is 1. The van der Waals surface area contributed by atoms with Crippen molar-refractivity contribution in [2.24, 2.45) is 0 Å². The second kappa shape index (κ2) is 3.02. The first-order chi connectivity index (χ1) is 5.86. The van der Waals surface area contributed by atoms with E-state index in [2.05, 4.69) is 36.5 Å². The standard InChI is InChI=1S/C11H13N/c1-9-2-3-10-4-6-12-7-5-11(10)8-9/h2-3,5,7-8,12H,4,6H2,1H3. The van der Waals surface area contributed by atoms with Crippen molar-refractivity contribution < 1.29 is 0 Å². The van der Waals surface area contributed by atoms with Gasteiger partial charge in [-0.2, -0.15) is 0 Å². The Morgan fingerprint density at radius 3 is 3.17 bits per heavy atom. The third kappa shape index (κ3) is 1.35. The van der Waals surface area contributed by atoms with Crippen LogP contribution in [0.4, 0.5) is 0 Å². The van der Waals surface area contributed by atoms with Crippen LogP contribution >= 0.6 is 0 Å². The number of aryl methyl sites for hydroxylation is 1. The maximum absolute atomic E-state index is 3.23. The summed E-state index contributed by atoms with van der Waals surface area (Å²) in [5.41, 5.74) is 4.14. The molecule has 0 saturated heterocycles. The molecule has 1 aliphatic heterocycles. The van der Waals surface area contributed by atoms with Crippen molar-refractivity contribution in [3.63, 3.8) is 0 Å². The molecule has 1 aromatic rings. The Kier molecular flexibility index (Phi) is 1.86. The number of benzene rings is 1. The van der Waals surface area contributed by atoms with Gasteiger partial charge < -0.3 is 5.32 Å². The van der Waals surface area contributed by atoms with Gasteiger partial charge in [0.1, 0.15) is 0 Å².